The van der Waals surface area contributed by atoms with Crippen molar-refractivity contribution < 1.29 is 9.18 Å². The third-order valence-electron chi connectivity index (χ3n) is 4.12. The van der Waals surface area contributed by atoms with Crippen LogP contribution >= 0.6 is 0 Å². The molecule has 0 unspecified atom stereocenters. The summed E-state index contributed by atoms with van der Waals surface area (Å²) < 4.78 is 13.3. The van der Waals surface area contributed by atoms with Gasteiger partial charge in [0.15, 0.2) is 0 Å². The van der Waals surface area contributed by atoms with Gasteiger partial charge >= 0.3 is 0 Å². The van der Waals surface area contributed by atoms with E-state index in [4.69, 9.17) is 0 Å². The van der Waals surface area contributed by atoms with Gasteiger partial charge in [0, 0.05) is 38.3 Å². The highest BCUT2D eigenvalue weighted by Gasteiger charge is 2.21. The number of benzene rings is 2. The maximum atomic E-state index is 13.3. The van der Waals surface area contributed by atoms with Crippen LogP contribution in [0.1, 0.15) is 12.0 Å². The molecule has 23 heavy (non-hydrogen) atoms. The van der Waals surface area contributed by atoms with Gasteiger partial charge in [-0.2, -0.15) is 0 Å². The van der Waals surface area contributed by atoms with Crippen molar-refractivity contribution in [1.29, 1.82) is 0 Å². The summed E-state index contributed by atoms with van der Waals surface area (Å²) in [5.74, 6) is -0.0776. The lowest BCUT2D eigenvalue weighted by Crippen LogP contribution is -2.48. The summed E-state index contributed by atoms with van der Waals surface area (Å²) in [7, 11) is 0. The summed E-state index contributed by atoms with van der Waals surface area (Å²) >= 11 is 0. The van der Waals surface area contributed by atoms with Crippen LogP contribution in [0.15, 0.2) is 54.6 Å². The second-order valence-corrected chi connectivity index (χ2v) is 5.67. The van der Waals surface area contributed by atoms with Gasteiger partial charge in [0.1, 0.15) is 5.82 Å². The molecule has 2 aromatic carbocycles. The van der Waals surface area contributed by atoms with E-state index >= 15 is 0 Å². The highest BCUT2D eigenvalue weighted by Crippen LogP contribution is 2.18. The lowest BCUT2D eigenvalue weighted by Gasteiger charge is -2.36. The van der Waals surface area contributed by atoms with E-state index in [1.807, 2.05) is 47.7 Å². The van der Waals surface area contributed by atoms with Gasteiger partial charge in [-0.3, -0.25) is 4.79 Å². The number of halogens is 1. The molecule has 3 nitrogen and oxygen atoms in total. The third-order valence-corrected chi connectivity index (χ3v) is 4.12. The minimum atomic E-state index is -0.224. The van der Waals surface area contributed by atoms with Gasteiger partial charge in [0.25, 0.3) is 0 Å². The molecule has 1 saturated heterocycles. The van der Waals surface area contributed by atoms with Gasteiger partial charge in [-0.15, -0.1) is 0 Å². The first-order valence-electron chi connectivity index (χ1n) is 7.89. The van der Waals surface area contributed by atoms with Crippen LogP contribution in [0.4, 0.5) is 10.1 Å². The van der Waals surface area contributed by atoms with E-state index in [-0.39, 0.29) is 11.7 Å². The van der Waals surface area contributed by atoms with Crippen molar-refractivity contribution in [3.05, 3.63) is 72.4 Å². The van der Waals surface area contributed by atoms with Gasteiger partial charge in [-0.1, -0.05) is 36.4 Å². The number of hydrogen-bond acceptors (Lipinski definition) is 2. The summed E-state index contributed by atoms with van der Waals surface area (Å²) in [6.45, 7) is 2.83. The molecule has 0 bridgehead atoms. The molecule has 0 spiro atoms. The second kappa shape index (κ2) is 7.27. The highest BCUT2D eigenvalue weighted by atomic mass is 19.1. The Balaban J connectivity index is 1.49. The van der Waals surface area contributed by atoms with E-state index in [1.165, 1.54) is 6.07 Å². The zero-order chi connectivity index (χ0) is 16.1. The molecule has 0 saturated carbocycles. The van der Waals surface area contributed by atoms with Crippen LogP contribution in [-0.4, -0.2) is 37.0 Å². The number of carbonyl (C=O) groups is 1. The first-order valence-corrected chi connectivity index (χ1v) is 7.89. The normalized spacial score (nSPS) is 14.8. The van der Waals surface area contributed by atoms with Crippen molar-refractivity contribution >= 4 is 11.6 Å². The number of nitrogens with zero attached hydrogens (tertiary/aromatic N) is 2. The minimum absolute atomic E-state index is 0.146. The quantitative estimate of drug-likeness (QED) is 0.866. The lowest BCUT2D eigenvalue weighted by atomic mass is 10.1. The standard InChI is InChI=1S/C19H20FN2O/c20-17-7-4-8-18(15-17)21-11-13-22(14-12-21)19(23)10-9-16-5-2-1-3-6-16/h1-9,15H,10-14H2. The van der Waals surface area contributed by atoms with Crippen molar-refractivity contribution in [3.8, 4) is 0 Å². The van der Waals surface area contributed by atoms with Gasteiger partial charge < -0.3 is 9.80 Å². The Morgan fingerprint density at radius 1 is 1.00 bits per heavy atom. The van der Waals surface area contributed by atoms with E-state index < -0.39 is 0 Å². The fraction of sp³-hybridized carbons (Fsp3) is 0.263. The molecule has 1 heterocycles. The maximum Gasteiger partial charge on any atom is 0.223 e. The van der Waals surface area contributed by atoms with Gasteiger partial charge in [0.05, 0.1) is 0 Å². The number of piperazine rings is 1. The molecule has 119 valence electrons. The molecule has 0 atom stereocenters. The predicted molar refractivity (Wildman–Crippen MR) is 89.7 cm³/mol. The largest absolute Gasteiger partial charge is 0.368 e. The molecule has 0 aliphatic carbocycles. The van der Waals surface area contributed by atoms with Gasteiger partial charge in [-0.25, -0.2) is 4.39 Å². The molecule has 0 aromatic heterocycles. The molecule has 0 N–H and O–H groups in total. The van der Waals surface area contributed by atoms with Crippen molar-refractivity contribution in [1.82, 2.24) is 4.90 Å². The molecule has 3 rings (SSSR count). The molecule has 1 radical (unpaired) electrons. The molecular formula is C19H20FN2O. The Hall–Kier alpha value is -2.36. The summed E-state index contributed by atoms with van der Waals surface area (Å²) in [4.78, 5) is 16.3. The third kappa shape index (κ3) is 4.09. The molecular weight excluding hydrogens is 291 g/mol. The number of carbonyl (C=O) groups excluding carboxylic acids is 1. The van der Waals surface area contributed by atoms with Crippen LogP contribution in [0.2, 0.25) is 0 Å². The number of amides is 1. The van der Waals surface area contributed by atoms with Gasteiger partial charge in [0.2, 0.25) is 5.91 Å². The summed E-state index contributed by atoms with van der Waals surface area (Å²) in [6, 6.07) is 16.5. The Morgan fingerprint density at radius 2 is 1.74 bits per heavy atom. The summed E-state index contributed by atoms with van der Waals surface area (Å²) in [5, 5.41) is 0. The van der Waals surface area contributed by atoms with E-state index in [0.717, 1.165) is 24.3 Å². The average molecular weight is 311 g/mol. The zero-order valence-corrected chi connectivity index (χ0v) is 13.0. The van der Waals surface area contributed by atoms with Gasteiger partial charge in [-0.05, 0) is 30.2 Å². The highest BCUT2D eigenvalue weighted by molar-refractivity contribution is 5.78. The first kappa shape index (κ1) is 15.5. The van der Waals surface area contributed by atoms with E-state index in [9.17, 15) is 9.18 Å². The molecule has 1 amide bonds. The van der Waals surface area contributed by atoms with E-state index in [2.05, 4.69) is 4.90 Å². The van der Waals surface area contributed by atoms with Crippen molar-refractivity contribution in [3.63, 3.8) is 0 Å². The SMILES string of the molecule is O=C(C[CH]c1ccccc1)N1CCN(c2cccc(F)c2)CC1. The smallest absolute Gasteiger partial charge is 0.223 e. The first-order chi connectivity index (χ1) is 11.2. The molecule has 4 heteroatoms. The Labute approximate surface area is 136 Å². The van der Waals surface area contributed by atoms with Crippen LogP contribution < -0.4 is 4.90 Å². The predicted octanol–water partition coefficient (Wildman–Crippen LogP) is 3.12. The van der Waals surface area contributed by atoms with Crippen LogP contribution in [0.5, 0.6) is 0 Å². The average Bonchev–Trinajstić information content (AvgIpc) is 2.61. The summed E-state index contributed by atoms with van der Waals surface area (Å²) in [6.07, 6.45) is 2.38. The zero-order valence-electron chi connectivity index (χ0n) is 13.0. The Bertz CT molecular complexity index is 651. The van der Waals surface area contributed by atoms with Crippen molar-refractivity contribution in [2.24, 2.45) is 0 Å². The number of hydrogen-bond donors (Lipinski definition) is 0. The molecule has 1 aliphatic rings. The Kier molecular flexibility index (Phi) is 4.91. The number of anilines is 1. The van der Waals surface area contributed by atoms with Crippen LogP contribution in [0, 0.1) is 12.2 Å². The maximum absolute atomic E-state index is 13.3. The molecule has 1 fully saturated rings. The fourth-order valence-electron chi connectivity index (χ4n) is 2.81. The Morgan fingerprint density at radius 3 is 2.43 bits per heavy atom. The van der Waals surface area contributed by atoms with Crippen LogP contribution in [0.3, 0.4) is 0 Å². The van der Waals surface area contributed by atoms with Crippen molar-refractivity contribution in [2.45, 2.75) is 6.42 Å². The topological polar surface area (TPSA) is 23.6 Å². The molecule has 2 aromatic rings. The van der Waals surface area contributed by atoms with E-state index in [0.29, 0.717) is 19.5 Å². The second-order valence-electron chi connectivity index (χ2n) is 5.67. The monoisotopic (exact) mass is 311 g/mol. The molecule has 1 aliphatic heterocycles. The summed E-state index contributed by atoms with van der Waals surface area (Å²) in [5.41, 5.74) is 1.95. The lowest BCUT2D eigenvalue weighted by molar-refractivity contribution is -0.130. The van der Waals surface area contributed by atoms with Crippen LogP contribution in [-0.2, 0) is 4.79 Å². The fourth-order valence-corrected chi connectivity index (χ4v) is 2.81. The van der Waals surface area contributed by atoms with E-state index in [1.54, 1.807) is 12.1 Å². The van der Waals surface area contributed by atoms with Crippen LogP contribution in [0.25, 0.3) is 0 Å². The van der Waals surface area contributed by atoms with Crippen molar-refractivity contribution in [2.75, 3.05) is 31.1 Å². The number of rotatable bonds is 4. The minimum Gasteiger partial charge on any atom is -0.368 e.